The van der Waals surface area contributed by atoms with Crippen molar-refractivity contribution in [3.8, 4) is 5.88 Å². The van der Waals surface area contributed by atoms with Crippen LogP contribution in [0, 0.1) is 5.92 Å². The molecule has 3 N–H and O–H groups in total. The predicted molar refractivity (Wildman–Crippen MR) is 185 cm³/mol. The Hall–Kier alpha value is -4.20. The molecule has 1 saturated heterocycles. The smallest absolute Gasteiger partial charge is 0.408 e. The van der Waals surface area contributed by atoms with E-state index < -0.39 is 73.8 Å². The summed E-state index contributed by atoms with van der Waals surface area (Å²) in [4.78, 5) is 61.1. The topological polar surface area (TPSA) is 173 Å². The van der Waals surface area contributed by atoms with Crippen LogP contribution in [0.15, 0.2) is 48.7 Å². The first-order valence-electron chi connectivity index (χ1n) is 17.5. The summed E-state index contributed by atoms with van der Waals surface area (Å²) in [5.74, 6) is -1.93. The lowest BCUT2D eigenvalue weighted by atomic mass is 10.0. The maximum Gasteiger partial charge on any atom is 0.408 e. The molecule has 5 atom stereocenters. The lowest BCUT2D eigenvalue weighted by Gasteiger charge is -2.30. The van der Waals surface area contributed by atoms with Crippen molar-refractivity contribution < 1.29 is 37.1 Å². The van der Waals surface area contributed by atoms with Crippen LogP contribution in [-0.2, 0) is 29.1 Å². The van der Waals surface area contributed by atoms with Gasteiger partial charge in [0.25, 0.3) is 5.91 Å². The Morgan fingerprint density at radius 3 is 2.58 bits per heavy atom. The second-order valence-corrected chi connectivity index (χ2v) is 17.4. The van der Waals surface area contributed by atoms with Crippen LogP contribution in [0.3, 0.4) is 0 Å². The molecule has 4 aliphatic rings. The number of ether oxygens (including phenoxy) is 2. The average molecular weight is 710 g/mol. The summed E-state index contributed by atoms with van der Waals surface area (Å²) in [6.07, 6.45) is 8.49. The maximum atomic E-state index is 14.4. The van der Waals surface area contributed by atoms with Crippen molar-refractivity contribution >= 4 is 44.6 Å². The minimum atomic E-state index is -3.97. The van der Waals surface area contributed by atoms with Gasteiger partial charge in [0, 0.05) is 23.9 Å². The molecule has 5 unspecified atom stereocenters. The molecule has 3 fully saturated rings. The molecular formula is C36H47N5O8S. The minimum absolute atomic E-state index is 0.0174. The van der Waals surface area contributed by atoms with Crippen molar-refractivity contribution in [1.82, 2.24) is 25.2 Å². The summed E-state index contributed by atoms with van der Waals surface area (Å²) >= 11 is 0. The summed E-state index contributed by atoms with van der Waals surface area (Å²) in [6, 6.07) is 7.38. The molecule has 2 aliphatic heterocycles. The number of fused-ring (bicyclic) bond motifs is 3. The third-order valence-corrected chi connectivity index (χ3v) is 12.2. The lowest BCUT2D eigenvalue weighted by Crippen LogP contribution is -2.58. The molecule has 4 amide bonds. The summed E-state index contributed by atoms with van der Waals surface area (Å²) < 4.78 is 39.2. The van der Waals surface area contributed by atoms with E-state index in [1.165, 1.54) is 4.90 Å². The van der Waals surface area contributed by atoms with Crippen molar-refractivity contribution in [2.75, 3.05) is 6.54 Å². The summed E-state index contributed by atoms with van der Waals surface area (Å²) in [5.41, 5.74) is -2.29. The van der Waals surface area contributed by atoms with Gasteiger partial charge in [-0.25, -0.2) is 18.2 Å². The SMILES string of the molecule is CC(C)(C)OC(=O)NC1CCCCCC=CC2CC2(C(=O)NS(=O)(=O)C2(C)CC2)NC(=O)C2CC(Oc3nccc4ccccc34)CN2C1=O. The van der Waals surface area contributed by atoms with E-state index in [-0.39, 0.29) is 19.4 Å². The fourth-order valence-corrected chi connectivity index (χ4v) is 8.05. The number of pyridine rings is 1. The molecule has 50 heavy (non-hydrogen) atoms. The third-order valence-electron chi connectivity index (χ3n) is 10.1. The van der Waals surface area contributed by atoms with Gasteiger partial charge in [-0.05, 0) is 83.7 Å². The highest BCUT2D eigenvalue weighted by Crippen LogP contribution is 2.47. The van der Waals surface area contributed by atoms with E-state index in [4.69, 9.17) is 9.47 Å². The standard InChI is InChI=1S/C36H47N5O8S/c1-34(2,3)49-33(45)38-27-15-9-7-5-6-8-13-24-21-36(24,32(44)40-50(46,47)35(4)17-18-35)39-29(42)28-20-25(22-41(28)31(27)43)48-30-26-14-11-10-12-23(26)16-19-37-30/h8,10-14,16,19,24-25,27-28H,5-7,9,15,17-18,20-22H2,1-4H3,(H,38,45)(H,39,42)(H,40,44). The molecule has 13 nitrogen and oxygen atoms in total. The van der Waals surface area contributed by atoms with E-state index in [1.54, 1.807) is 33.9 Å². The van der Waals surface area contributed by atoms with Gasteiger partial charge in [-0.3, -0.25) is 19.1 Å². The van der Waals surface area contributed by atoms with Crippen LogP contribution < -0.4 is 20.1 Å². The van der Waals surface area contributed by atoms with Crippen molar-refractivity contribution in [3.05, 3.63) is 48.7 Å². The first-order chi connectivity index (χ1) is 23.6. The largest absolute Gasteiger partial charge is 0.472 e. The van der Waals surface area contributed by atoms with Crippen LogP contribution in [0.2, 0.25) is 0 Å². The van der Waals surface area contributed by atoms with Gasteiger partial charge in [0.1, 0.15) is 29.3 Å². The van der Waals surface area contributed by atoms with Gasteiger partial charge < -0.3 is 25.0 Å². The van der Waals surface area contributed by atoms with E-state index in [0.717, 1.165) is 23.6 Å². The van der Waals surface area contributed by atoms with Crippen LogP contribution in [0.25, 0.3) is 10.8 Å². The van der Waals surface area contributed by atoms with Gasteiger partial charge in [0.05, 0.1) is 11.3 Å². The van der Waals surface area contributed by atoms with Gasteiger partial charge in [-0.2, -0.15) is 0 Å². The molecule has 1 aromatic carbocycles. The van der Waals surface area contributed by atoms with Gasteiger partial charge in [0.2, 0.25) is 27.7 Å². The van der Waals surface area contributed by atoms with Crippen LogP contribution in [0.5, 0.6) is 5.88 Å². The highest BCUT2D eigenvalue weighted by atomic mass is 32.2. The number of carbonyl (C=O) groups excluding carboxylic acids is 4. The van der Waals surface area contributed by atoms with Crippen molar-refractivity contribution in [2.45, 2.75) is 120 Å². The average Bonchev–Trinajstić information content (AvgIpc) is 3.92. The first-order valence-corrected chi connectivity index (χ1v) is 19.0. The summed E-state index contributed by atoms with van der Waals surface area (Å²) in [7, 11) is -3.97. The van der Waals surface area contributed by atoms with E-state index in [1.807, 2.05) is 42.5 Å². The molecule has 0 bridgehead atoms. The van der Waals surface area contributed by atoms with Crippen molar-refractivity contribution in [1.29, 1.82) is 0 Å². The third kappa shape index (κ3) is 7.59. The zero-order valence-corrected chi connectivity index (χ0v) is 29.9. The summed E-state index contributed by atoms with van der Waals surface area (Å²) in [5, 5.41) is 7.31. The molecule has 2 saturated carbocycles. The monoisotopic (exact) mass is 709 g/mol. The number of benzene rings is 1. The van der Waals surface area contributed by atoms with E-state index in [2.05, 4.69) is 20.3 Å². The first kappa shape index (κ1) is 35.6. The summed E-state index contributed by atoms with van der Waals surface area (Å²) in [6.45, 7) is 6.80. The number of nitrogens with one attached hydrogen (secondary N) is 3. The highest BCUT2D eigenvalue weighted by Gasteiger charge is 2.63. The van der Waals surface area contributed by atoms with E-state index >= 15 is 0 Å². The molecule has 3 heterocycles. The van der Waals surface area contributed by atoms with E-state index in [9.17, 15) is 27.6 Å². The normalized spacial score (nSPS) is 28.3. The number of hydrogen-bond donors (Lipinski definition) is 3. The highest BCUT2D eigenvalue weighted by molar-refractivity contribution is 7.91. The van der Waals surface area contributed by atoms with E-state index in [0.29, 0.717) is 38.0 Å². The Morgan fingerprint density at radius 2 is 1.84 bits per heavy atom. The fraction of sp³-hybridized carbons (Fsp3) is 0.583. The molecule has 14 heteroatoms. The Kier molecular flexibility index (Phi) is 9.61. The second kappa shape index (κ2) is 13.5. The van der Waals surface area contributed by atoms with Gasteiger partial charge in [-0.1, -0.05) is 43.2 Å². The van der Waals surface area contributed by atoms with Crippen LogP contribution in [-0.4, -0.2) is 82.7 Å². The second-order valence-electron chi connectivity index (χ2n) is 15.2. The fourth-order valence-electron chi connectivity index (χ4n) is 6.74. The Bertz CT molecular complexity index is 1800. The number of amides is 4. The lowest BCUT2D eigenvalue weighted by molar-refractivity contribution is -0.141. The molecular weight excluding hydrogens is 662 g/mol. The number of aromatic nitrogens is 1. The number of hydrogen-bond acceptors (Lipinski definition) is 9. The number of sulfonamides is 1. The molecule has 0 radical (unpaired) electrons. The molecule has 0 spiro atoms. The Balaban J connectivity index is 1.30. The quantitative estimate of drug-likeness (QED) is 0.377. The molecule has 2 aliphatic carbocycles. The maximum absolute atomic E-state index is 14.4. The molecule has 1 aromatic heterocycles. The number of allylic oxidation sites excluding steroid dienone is 1. The number of carbonyl (C=O) groups is 4. The zero-order valence-electron chi connectivity index (χ0n) is 29.1. The van der Waals surface area contributed by atoms with Crippen LogP contribution in [0.4, 0.5) is 4.79 Å². The van der Waals surface area contributed by atoms with Gasteiger partial charge in [-0.15, -0.1) is 0 Å². The number of nitrogens with zero attached hydrogens (tertiary/aromatic N) is 2. The van der Waals surface area contributed by atoms with Gasteiger partial charge >= 0.3 is 6.09 Å². The number of rotatable bonds is 6. The minimum Gasteiger partial charge on any atom is -0.472 e. The zero-order chi connectivity index (χ0) is 35.9. The molecule has 270 valence electrons. The number of alkyl carbamates (subject to hydrolysis) is 1. The van der Waals surface area contributed by atoms with Crippen LogP contribution >= 0.6 is 0 Å². The van der Waals surface area contributed by atoms with Gasteiger partial charge in [0.15, 0.2) is 0 Å². The predicted octanol–water partition coefficient (Wildman–Crippen LogP) is 3.87. The molecule has 6 rings (SSSR count). The molecule has 2 aromatic rings. The Labute approximate surface area is 293 Å². The Morgan fingerprint density at radius 1 is 1.08 bits per heavy atom. The van der Waals surface area contributed by atoms with Crippen LogP contribution in [0.1, 0.15) is 85.5 Å². The van der Waals surface area contributed by atoms with Crippen molar-refractivity contribution in [3.63, 3.8) is 0 Å². The van der Waals surface area contributed by atoms with Crippen molar-refractivity contribution in [2.24, 2.45) is 5.92 Å².